The minimum Gasteiger partial charge on any atom is -0.410 e. The van der Waals surface area contributed by atoms with Gasteiger partial charge in [-0.05, 0) is 31.2 Å². The molecule has 2 aromatic rings. The second-order valence-electron chi connectivity index (χ2n) is 6.14. The Morgan fingerprint density at radius 1 is 1.19 bits per heavy atom. The van der Waals surface area contributed by atoms with Gasteiger partial charge >= 0.3 is 6.09 Å². The molecule has 6 nitrogen and oxygen atoms in total. The van der Waals surface area contributed by atoms with Gasteiger partial charge in [-0.3, -0.25) is 9.69 Å². The van der Waals surface area contributed by atoms with Crippen LogP contribution < -0.4 is 10.1 Å². The summed E-state index contributed by atoms with van der Waals surface area (Å²) in [7, 11) is 0. The highest BCUT2D eigenvalue weighted by Gasteiger charge is 2.40. The maximum atomic E-state index is 13.6. The van der Waals surface area contributed by atoms with E-state index >= 15 is 0 Å². The quantitative estimate of drug-likeness (QED) is 0.884. The van der Waals surface area contributed by atoms with Crippen LogP contribution in [0.25, 0.3) is 0 Å². The maximum Gasteiger partial charge on any atom is 0.416 e. The third-order valence-corrected chi connectivity index (χ3v) is 4.29. The number of carbonyl (C=O) groups excluding carboxylic acids is 2. The summed E-state index contributed by atoms with van der Waals surface area (Å²) in [6, 6.07) is 11.9. The largest absolute Gasteiger partial charge is 0.416 e. The van der Waals surface area contributed by atoms with Crippen molar-refractivity contribution in [3.8, 4) is 5.75 Å². The van der Waals surface area contributed by atoms with Crippen molar-refractivity contribution < 1.29 is 23.8 Å². The van der Waals surface area contributed by atoms with Crippen molar-refractivity contribution in [1.29, 1.82) is 0 Å². The topological polar surface area (TPSA) is 78.9 Å². The molecule has 1 saturated heterocycles. The number of nitrogens with zero attached hydrogens (tertiary/aromatic N) is 1. The number of β-amino-alcohol motifs (C(OH)–C–C–N with tert-alkyl or cyclic N) is 1. The molecule has 1 aliphatic heterocycles. The molecular weight excluding hydrogens is 339 g/mol. The summed E-state index contributed by atoms with van der Waals surface area (Å²) < 4.78 is 18.9. The normalized spacial score (nSPS) is 19.3. The van der Waals surface area contributed by atoms with Gasteiger partial charge in [0.1, 0.15) is 17.6 Å². The Labute approximate surface area is 150 Å². The Hall–Kier alpha value is -2.93. The molecule has 136 valence electrons. The smallest absolute Gasteiger partial charge is 0.410 e. The summed E-state index contributed by atoms with van der Waals surface area (Å²) in [5.41, 5.74) is 0.630. The number of benzene rings is 2. The summed E-state index contributed by atoms with van der Waals surface area (Å²) in [4.78, 5) is 26.2. The van der Waals surface area contributed by atoms with E-state index in [1.807, 2.05) is 0 Å². The van der Waals surface area contributed by atoms with Crippen LogP contribution >= 0.6 is 0 Å². The lowest BCUT2D eigenvalue weighted by Crippen LogP contribution is -2.44. The number of rotatable bonds is 3. The average Bonchev–Trinajstić information content (AvgIpc) is 3.02. The monoisotopic (exact) mass is 358 g/mol. The molecule has 2 unspecified atom stereocenters. The number of nitrogens with one attached hydrogen (secondary N) is 1. The molecule has 2 aromatic carbocycles. The molecule has 7 heteroatoms. The van der Waals surface area contributed by atoms with Crippen molar-refractivity contribution in [1.82, 2.24) is 4.90 Å². The van der Waals surface area contributed by atoms with Crippen molar-refractivity contribution in [2.45, 2.75) is 25.5 Å². The maximum absolute atomic E-state index is 13.6. The van der Waals surface area contributed by atoms with Crippen molar-refractivity contribution in [2.24, 2.45) is 0 Å². The van der Waals surface area contributed by atoms with Gasteiger partial charge in [-0.15, -0.1) is 0 Å². The minimum absolute atomic E-state index is 0.00805. The summed E-state index contributed by atoms with van der Waals surface area (Å²) in [6.07, 6.45) is -1.46. The highest BCUT2D eigenvalue weighted by molar-refractivity contribution is 5.97. The van der Waals surface area contributed by atoms with Crippen LogP contribution in [0.15, 0.2) is 48.5 Å². The first kappa shape index (κ1) is 17.9. The first-order valence-electron chi connectivity index (χ1n) is 8.23. The third-order valence-electron chi connectivity index (χ3n) is 4.29. The zero-order chi connectivity index (χ0) is 18.7. The molecular formula is C19H19FN2O4. The van der Waals surface area contributed by atoms with Crippen LogP contribution in [0.4, 0.5) is 14.9 Å². The molecule has 0 aromatic heterocycles. The Bertz CT molecular complexity index is 812. The first-order chi connectivity index (χ1) is 12.5. The number of anilines is 1. The first-order valence-corrected chi connectivity index (χ1v) is 8.23. The van der Waals surface area contributed by atoms with E-state index in [0.717, 1.165) is 0 Å². The number of ether oxygens (including phenoxy) is 1. The van der Waals surface area contributed by atoms with Gasteiger partial charge in [-0.1, -0.05) is 24.3 Å². The fraction of sp³-hybridized carbons (Fsp3) is 0.263. The number of para-hydroxylation sites is 1. The van der Waals surface area contributed by atoms with Gasteiger partial charge in [0.2, 0.25) is 5.91 Å². The Morgan fingerprint density at radius 3 is 2.65 bits per heavy atom. The number of likely N-dealkylation sites (tertiary alicyclic amines) is 1. The number of aliphatic hydroxyl groups is 1. The van der Waals surface area contributed by atoms with Gasteiger partial charge in [0, 0.05) is 17.7 Å². The lowest BCUT2D eigenvalue weighted by atomic mass is 10.1. The molecule has 1 fully saturated rings. The van der Waals surface area contributed by atoms with E-state index in [1.165, 1.54) is 17.0 Å². The van der Waals surface area contributed by atoms with Crippen molar-refractivity contribution in [2.75, 3.05) is 11.9 Å². The fourth-order valence-electron chi connectivity index (χ4n) is 2.87. The van der Waals surface area contributed by atoms with E-state index in [1.54, 1.807) is 43.3 Å². The summed E-state index contributed by atoms with van der Waals surface area (Å²) in [6.45, 7) is 1.54. The molecule has 0 aliphatic carbocycles. The second kappa shape index (κ2) is 7.53. The molecule has 1 aliphatic rings. The number of halogens is 1. The van der Waals surface area contributed by atoms with Gasteiger partial charge in [0.15, 0.2) is 0 Å². The van der Waals surface area contributed by atoms with Gasteiger partial charge < -0.3 is 15.2 Å². The minimum atomic E-state index is -0.899. The molecule has 0 radical (unpaired) electrons. The fourth-order valence-corrected chi connectivity index (χ4v) is 2.87. The van der Waals surface area contributed by atoms with Crippen molar-refractivity contribution >= 4 is 17.7 Å². The lowest BCUT2D eigenvalue weighted by molar-refractivity contribution is -0.119. The molecule has 26 heavy (non-hydrogen) atoms. The predicted molar refractivity (Wildman–Crippen MR) is 93.4 cm³/mol. The molecule has 2 N–H and O–H groups in total. The lowest BCUT2D eigenvalue weighted by Gasteiger charge is -2.23. The zero-order valence-corrected chi connectivity index (χ0v) is 14.2. The van der Waals surface area contributed by atoms with Gasteiger partial charge in [0.25, 0.3) is 0 Å². The number of hydrogen-bond acceptors (Lipinski definition) is 4. The van der Waals surface area contributed by atoms with Crippen LogP contribution in [0.2, 0.25) is 0 Å². The van der Waals surface area contributed by atoms with E-state index in [9.17, 15) is 19.1 Å². The van der Waals surface area contributed by atoms with Crippen LogP contribution in [0, 0.1) is 12.7 Å². The van der Waals surface area contributed by atoms with E-state index in [0.29, 0.717) is 17.0 Å². The van der Waals surface area contributed by atoms with Gasteiger partial charge in [0.05, 0.1) is 12.6 Å². The summed E-state index contributed by atoms with van der Waals surface area (Å²) in [5, 5.41) is 12.5. The van der Waals surface area contributed by atoms with Crippen LogP contribution in [0.5, 0.6) is 5.75 Å². The predicted octanol–water partition coefficient (Wildman–Crippen LogP) is 2.71. The van der Waals surface area contributed by atoms with Crippen molar-refractivity contribution in [3.63, 3.8) is 0 Å². The van der Waals surface area contributed by atoms with E-state index in [4.69, 9.17) is 4.74 Å². The van der Waals surface area contributed by atoms with Crippen molar-refractivity contribution in [3.05, 3.63) is 59.9 Å². The highest BCUT2D eigenvalue weighted by Crippen LogP contribution is 2.23. The van der Waals surface area contributed by atoms with Crippen LogP contribution in [-0.2, 0) is 4.79 Å². The number of hydrogen-bond donors (Lipinski definition) is 2. The molecule has 3 rings (SSSR count). The van der Waals surface area contributed by atoms with Crippen LogP contribution in [0.1, 0.15) is 12.0 Å². The van der Waals surface area contributed by atoms with E-state index < -0.39 is 30.0 Å². The molecule has 0 saturated carbocycles. The Kier molecular flexibility index (Phi) is 5.18. The molecule has 2 amide bonds. The molecule has 0 spiro atoms. The molecule has 0 bridgehead atoms. The van der Waals surface area contributed by atoms with E-state index in [2.05, 4.69) is 5.32 Å². The second-order valence-corrected chi connectivity index (χ2v) is 6.14. The van der Waals surface area contributed by atoms with Gasteiger partial charge in [-0.2, -0.15) is 0 Å². The summed E-state index contributed by atoms with van der Waals surface area (Å²) >= 11 is 0. The Morgan fingerprint density at radius 2 is 1.92 bits per heavy atom. The van der Waals surface area contributed by atoms with Crippen LogP contribution in [0.3, 0.4) is 0 Å². The highest BCUT2D eigenvalue weighted by atomic mass is 19.1. The number of aliphatic hydroxyl groups excluding tert-OH is 1. The molecule has 2 atom stereocenters. The average molecular weight is 358 g/mol. The molecule has 1 heterocycles. The zero-order valence-electron chi connectivity index (χ0n) is 14.2. The third kappa shape index (κ3) is 3.83. The number of carbonyl (C=O) groups is 2. The Balaban J connectivity index is 1.73. The van der Waals surface area contributed by atoms with E-state index in [-0.39, 0.29) is 13.0 Å². The van der Waals surface area contributed by atoms with Gasteiger partial charge in [-0.25, -0.2) is 9.18 Å². The summed E-state index contributed by atoms with van der Waals surface area (Å²) in [5.74, 6) is -0.589. The standard InChI is InChI=1S/C19H19FN2O4/c1-12-15(20)8-5-9-16(12)21-18(24)17-10-13(23)11-22(17)19(25)26-14-6-3-2-4-7-14/h2-9,13,17,23H,10-11H2,1H3,(H,21,24). The SMILES string of the molecule is Cc1c(F)cccc1NC(=O)C1CC(O)CN1C(=O)Oc1ccccc1. The van der Waals surface area contributed by atoms with Crippen LogP contribution in [-0.4, -0.2) is 40.7 Å². The number of amides is 2.